The molecular formula is C16H15NO5S. The first-order valence-corrected chi connectivity index (χ1v) is 8.85. The van der Waals surface area contributed by atoms with Gasteiger partial charge in [-0.25, -0.2) is 0 Å². The van der Waals surface area contributed by atoms with Crippen molar-refractivity contribution in [2.24, 2.45) is 0 Å². The lowest BCUT2D eigenvalue weighted by Crippen LogP contribution is -2.33. The van der Waals surface area contributed by atoms with E-state index >= 15 is 0 Å². The minimum absolute atomic E-state index is 0.152. The van der Waals surface area contributed by atoms with Crippen molar-refractivity contribution in [2.45, 2.75) is 19.8 Å². The molecule has 1 aliphatic rings. The highest BCUT2D eigenvalue weighted by Gasteiger charge is 2.40. The van der Waals surface area contributed by atoms with E-state index in [0.29, 0.717) is 23.3 Å². The monoisotopic (exact) mass is 333 g/mol. The zero-order chi connectivity index (χ0) is 16.6. The normalized spacial score (nSPS) is 14.6. The first-order valence-electron chi connectivity index (χ1n) is 7.27. The Morgan fingerprint density at radius 3 is 2.52 bits per heavy atom. The summed E-state index contributed by atoms with van der Waals surface area (Å²) in [5.41, 5.74) is 0.332. The molecule has 120 valence electrons. The van der Waals surface area contributed by atoms with Crippen molar-refractivity contribution >= 4 is 32.7 Å². The summed E-state index contributed by atoms with van der Waals surface area (Å²) in [6.45, 7) is 1.84. The largest absolute Gasteiger partial charge is 0.288 e. The summed E-state index contributed by atoms with van der Waals surface area (Å²) in [6, 6.07) is 10.3. The molecule has 0 fully saturated rings. The molecule has 7 heteroatoms. The van der Waals surface area contributed by atoms with Gasteiger partial charge in [-0.1, -0.05) is 43.7 Å². The lowest BCUT2D eigenvalue weighted by Gasteiger charge is -2.12. The molecule has 0 N–H and O–H groups in total. The fourth-order valence-electron chi connectivity index (χ4n) is 2.52. The minimum Gasteiger partial charge on any atom is -0.266 e. The highest BCUT2D eigenvalue weighted by molar-refractivity contribution is 7.86. The quantitative estimate of drug-likeness (QED) is 0.785. The van der Waals surface area contributed by atoms with E-state index in [1.807, 2.05) is 19.1 Å². The number of carbonyl (C=O) groups excluding carboxylic acids is 2. The zero-order valence-electron chi connectivity index (χ0n) is 12.5. The maximum atomic E-state index is 12.5. The Bertz CT molecular complexity index is 904. The van der Waals surface area contributed by atoms with E-state index < -0.39 is 21.9 Å². The van der Waals surface area contributed by atoms with E-state index in [1.54, 1.807) is 18.2 Å². The Labute approximate surface area is 133 Å². The fourth-order valence-corrected chi connectivity index (χ4v) is 3.60. The van der Waals surface area contributed by atoms with Gasteiger partial charge in [0.25, 0.3) is 21.9 Å². The van der Waals surface area contributed by atoms with E-state index in [9.17, 15) is 18.0 Å². The standard InChI is InChI=1S/C16H15NO5S/c1-2-3-10-23(20,21)22-17-15(18)13-9-8-11-6-4-5-7-12(11)14(13)16(17)19/h4-9H,2-3,10H2,1H3. The van der Waals surface area contributed by atoms with Crippen molar-refractivity contribution in [1.82, 2.24) is 5.06 Å². The summed E-state index contributed by atoms with van der Waals surface area (Å²) in [5.74, 6) is -1.74. The predicted octanol–water partition coefficient (Wildman–Crippen LogP) is 2.50. The molecule has 6 nitrogen and oxygen atoms in total. The van der Waals surface area contributed by atoms with Crippen LogP contribution in [0.1, 0.15) is 40.5 Å². The number of unbranched alkanes of at least 4 members (excludes halogenated alkanes) is 1. The molecule has 1 aliphatic heterocycles. The number of nitrogens with zero attached hydrogens (tertiary/aromatic N) is 1. The number of hydrogen-bond donors (Lipinski definition) is 0. The molecule has 2 aromatic carbocycles. The molecule has 2 amide bonds. The molecule has 0 aromatic heterocycles. The molecule has 0 radical (unpaired) electrons. The molecule has 23 heavy (non-hydrogen) atoms. The average Bonchev–Trinajstić information content (AvgIpc) is 2.78. The van der Waals surface area contributed by atoms with Gasteiger partial charge in [-0.15, -0.1) is 9.35 Å². The first-order chi connectivity index (χ1) is 10.9. The van der Waals surface area contributed by atoms with Crippen LogP contribution in [0.5, 0.6) is 0 Å². The van der Waals surface area contributed by atoms with Crippen LogP contribution in [0.2, 0.25) is 0 Å². The number of rotatable bonds is 5. The van der Waals surface area contributed by atoms with Crippen LogP contribution >= 0.6 is 0 Å². The lowest BCUT2D eigenvalue weighted by atomic mass is 10.0. The molecular weight excluding hydrogens is 318 g/mol. The van der Waals surface area contributed by atoms with Gasteiger partial charge >= 0.3 is 0 Å². The highest BCUT2D eigenvalue weighted by Crippen LogP contribution is 2.30. The van der Waals surface area contributed by atoms with Gasteiger partial charge in [0.1, 0.15) is 0 Å². The number of hydroxylamine groups is 2. The Morgan fingerprint density at radius 1 is 1.04 bits per heavy atom. The summed E-state index contributed by atoms with van der Waals surface area (Å²) < 4.78 is 28.5. The van der Waals surface area contributed by atoms with E-state index in [1.165, 1.54) is 6.07 Å². The Kier molecular flexibility index (Phi) is 3.91. The SMILES string of the molecule is CCCCS(=O)(=O)ON1C(=O)c2ccc3ccccc3c2C1=O. The van der Waals surface area contributed by atoms with Crippen LogP contribution in [0, 0.1) is 0 Å². The third kappa shape index (κ3) is 2.73. The highest BCUT2D eigenvalue weighted by atomic mass is 32.2. The van der Waals surface area contributed by atoms with Crippen molar-refractivity contribution < 1.29 is 22.3 Å². The van der Waals surface area contributed by atoms with Crippen LogP contribution in [0.25, 0.3) is 10.8 Å². The summed E-state index contributed by atoms with van der Waals surface area (Å²) in [4.78, 5) is 24.8. The molecule has 0 aliphatic carbocycles. The van der Waals surface area contributed by atoms with Crippen molar-refractivity contribution in [2.75, 3.05) is 5.75 Å². The molecule has 0 unspecified atom stereocenters. The topological polar surface area (TPSA) is 80.8 Å². The van der Waals surface area contributed by atoms with E-state index in [-0.39, 0.29) is 16.9 Å². The van der Waals surface area contributed by atoms with Crippen LogP contribution in [0.4, 0.5) is 0 Å². The van der Waals surface area contributed by atoms with Gasteiger partial charge < -0.3 is 0 Å². The van der Waals surface area contributed by atoms with Gasteiger partial charge in [0.05, 0.1) is 16.9 Å². The number of imide groups is 1. The second-order valence-electron chi connectivity index (χ2n) is 5.30. The van der Waals surface area contributed by atoms with Crippen molar-refractivity contribution in [3.05, 3.63) is 47.5 Å². The van der Waals surface area contributed by atoms with Gasteiger partial charge in [0.2, 0.25) is 0 Å². The smallest absolute Gasteiger partial charge is 0.266 e. The van der Waals surface area contributed by atoms with Crippen molar-refractivity contribution in [3.8, 4) is 0 Å². The lowest BCUT2D eigenvalue weighted by molar-refractivity contribution is -0.0103. The zero-order valence-corrected chi connectivity index (χ0v) is 13.3. The maximum Gasteiger partial charge on any atom is 0.288 e. The van der Waals surface area contributed by atoms with Gasteiger partial charge in [0, 0.05) is 0 Å². The Morgan fingerprint density at radius 2 is 1.78 bits per heavy atom. The van der Waals surface area contributed by atoms with E-state index in [4.69, 9.17) is 4.28 Å². The number of benzene rings is 2. The number of fused-ring (bicyclic) bond motifs is 3. The fraction of sp³-hybridized carbons (Fsp3) is 0.250. The third-order valence-electron chi connectivity index (χ3n) is 3.68. The Hall–Kier alpha value is -2.25. The molecule has 1 heterocycles. The first kappa shape index (κ1) is 15.6. The molecule has 0 saturated heterocycles. The van der Waals surface area contributed by atoms with Crippen LogP contribution in [0.3, 0.4) is 0 Å². The van der Waals surface area contributed by atoms with Gasteiger partial charge in [-0.05, 0) is 23.3 Å². The summed E-state index contributed by atoms with van der Waals surface area (Å²) in [7, 11) is -3.98. The average molecular weight is 333 g/mol. The summed E-state index contributed by atoms with van der Waals surface area (Å²) in [6.07, 6.45) is 1.06. The van der Waals surface area contributed by atoms with Gasteiger partial charge in [0.15, 0.2) is 0 Å². The molecule has 0 spiro atoms. The number of hydrogen-bond acceptors (Lipinski definition) is 5. The third-order valence-corrected chi connectivity index (χ3v) is 4.84. The van der Waals surface area contributed by atoms with Crippen LogP contribution in [0.15, 0.2) is 36.4 Å². The minimum atomic E-state index is -3.98. The van der Waals surface area contributed by atoms with Crippen molar-refractivity contribution in [1.29, 1.82) is 0 Å². The van der Waals surface area contributed by atoms with Crippen LogP contribution < -0.4 is 0 Å². The number of carbonyl (C=O) groups is 2. The second-order valence-corrected chi connectivity index (χ2v) is 6.98. The van der Waals surface area contributed by atoms with Gasteiger partial charge in [-0.3, -0.25) is 9.59 Å². The van der Waals surface area contributed by atoms with E-state index in [0.717, 1.165) is 5.39 Å². The molecule has 0 saturated carbocycles. The van der Waals surface area contributed by atoms with Crippen molar-refractivity contribution in [3.63, 3.8) is 0 Å². The molecule has 3 rings (SSSR count). The second kappa shape index (κ2) is 5.75. The molecule has 0 bridgehead atoms. The predicted molar refractivity (Wildman–Crippen MR) is 84.2 cm³/mol. The number of amides is 2. The van der Waals surface area contributed by atoms with E-state index in [2.05, 4.69) is 0 Å². The Balaban J connectivity index is 2.00. The molecule has 0 atom stereocenters. The van der Waals surface area contributed by atoms with Crippen LogP contribution in [-0.2, 0) is 14.4 Å². The summed E-state index contributed by atoms with van der Waals surface area (Å²) in [5, 5.41) is 1.74. The summed E-state index contributed by atoms with van der Waals surface area (Å²) >= 11 is 0. The van der Waals surface area contributed by atoms with Crippen LogP contribution in [-0.4, -0.2) is 31.0 Å². The maximum absolute atomic E-state index is 12.5. The molecule has 2 aromatic rings. The van der Waals surface area contributed by atoms with Gasteiger partial charge in [-0.2, -0.15) is 8.42 Å².